The van der Waals surface area contributed by atoms with Crippen LogP contribution in [0.1, 0.15) is 11.1 Å². The second-order valence-electron chi connectivity index (χ2n) is 4.93. The monoisotopic (exact) mass is 288 g/mol. The molecule has 0 aliphatic rings. The van der Waals surface area contributed by atoms with Crippen molar-refractivity contribution in [2.24, 2.45) is 5.73 Å². The summed E-state index contributed by atoms with van der Waals surface area (Å²) in [5, 5.41) is 11.8. The van der Waals surface area contributed by atoms with Crippen LogP contribution in [0.15, 0.2) is 42.5 Å². The number of carbonyl (C=O) groups is 1. The molecule has 0 fully saturated rings. The molecule has 0 aliphatic heterocycles. The number of phenolic OH excluding ortho intramolecular Hbond substituents is 1. The van der Waals surface area contributed by atoms with Crippen molar-refractivity contribution in [3.05, 3.63) is 59.4 Å². The molecule has 110 valence electrons. The normalized spacial score (nSPS) is 12.0. The maximum absolute atomic E-state index is 13.2. The number of anilines is 1. The van der Waals surface area contributed by atoms with Crippen molar-refractivity contribution in [3.63, 3.8) is 0 Å². The van der Waals surface area contributed by atoms with Gasteiger partial charge in [0.2, 0.25) is 5.91 Å². The number of hydrogen-bond acceptors (Lipinski definition) is 3. The summed E-state index contributed by atoms with van der Waals surface area (Å²) in [5.41, 5.74) is 7.88. The van der Waals surface area contributed by atoms with Gasteiger partial charge in [-0.3, -0.25) is 4.79 Å². The highest BCUT2D eigenvalue weighted by Gasteiger charge is 2.15. The van der Waals surface area contributed by atoms with E-state index in [-0.39, 0.29) is 11.7 Å². The van der Waals surface area contributed by atoms with E-state index in [4.69, 9.17) is 5.73 Å². The number of carbonyl (C=O) groups excluding carboxylic acids is 1. The average Bonchev–Trinajstić information content (AvgIpc) is 2.45. The lowest BCUT2D eigenvalue weighted by atomic mass is 10.1. The van der Waals surface area contributed by atoms with E-state index >= 15 is 0 Å². The van der Waals surface area contributed by atoms with Crippen LogP contribution in [-0.2, 0) is 11.2 Å². The van der Waals surface area contributed by atoms with Crippen molar-refractivity contribution in [2.45, 2.75) is 19.4 Å². The van der Waals surface area contributed by atoms with Gasteiger partial charge in [-0.05, 0) is 48.7 Å². The first-order chi connectivity index (χ1) is 9.95. The summed E-state index contributed by atoms with van der Waals surface area (Å²) in [6, 6.07) is 9.93. The third-order valence-corrected chi connectivity index (χ3v) is 3.19. The van der Waals surface area contributed by atoms with Gasteiger partial charge in [0.15, 0.2) is 0 Å². The maximum Gasteiger partial charge on any atom is 0.241 e. The number of benzene rings is 2. The van der Waals surface area contributed by atoms with Crippen LogP contribution in [0.4, 0.5) is 10.1 Å². The first-order valence-electron chi connectivity index (χ1n) is 6.56. The molecule has 2 rings (SSSR count). The van der Waals surface area contributed by atoms with Gasteiger partial charge in [-0.15, -0.1) is 0 Å². The minimum Gasteiger partial charge on any atom is -0.508 e. The molecule has 5 heteroatoms. The maximum atomic E-state index is 13.2. The lowest BCUT2D eigenvalue weighted by molar-refractivity contribution is -0.117. The molecule has 0 aliphatic carbocycles. The number of nitrogens with two attached hydrogens (primary N) is 1. The summed E-state index contributed by atoms with van der Waals surface area (Å²) >= 11 is 0. The fourth-order valence-electron chi connectivity index (χ4n) is 1.93. The fraction of sp³-hybridized carbons (Fsp3) is 0.188. The predicted molar refractivity (Wildman–Crippen MR) is 79.6 cm³/mol. The van der Waals surface area contributed by atoms with Crippen LogP contribution in [0.5, 0.6) is 5.75 Å². The fourth-order valence-corrected chi connectivity index (χ4v) is 1.93. The van der Waals surface area contributed by atoms with E-state index in [9.17, 15) is 14.3 Å². The zero-order valence-electron chi connectivity index (χ0n) is 11.6. The number of nitrogens with one attached hydrogen (secondary N) is 1. The van der Waals surface area contributed by atoms with Crippen LogP contribution in [0.2, 0.25) is 0 Å². The van der Waals surface area contributed by atoms with E-state index in [1.807, 2.05) is 0 Å². The molecule has 0 spiro atoms. The quantitative estimate of drug-likeness (QED) is 0.808. The standard InChI is InChI=1S/C16H17FN2O2/c1-10-2-5-12(17)9-15(10)19-16(21)14(18)8-11-3-6-13(20)7-4-11/h2-7,9,14,20H,8,18H2,1H3,(H,19,21)/t14-/m0/s1. The topological polar surface area (TPSA) is 75.4 Å². The number of aromatic hydroxyl groups is 1. The van der Waals surface area contributed by atoms with Gasteiger partial charge in [-0.25, -0.2) is 4.39 Å². The van der Waals surface area contributed by atoms with Gasteiger partial charge in [0.1, 0.15) is 11.6 Å². The second-order valence-corrected chi connectivity index (χ2v) is 4.93. The first kappa shape index (κ1) is 15.0. The number of aryl methyl sites for hydroxylation is 1. The van der Waals surface area contributed by atoms with Crippen molar-refractivity contribution in [2.75, 3.05) is 5.32 Å². The highest BCUT2D eigenvalue weighted by atomic mass is 19.1. The molecule has 1 amide bonds. The van der Waals surface area contributed by atoms with Gasteiger partial charge < -0.3 is 16.2 Å². The van der Waals surface area contributed by atoms with Crippen LogP contribution >= 0.6 is 0 Å². The molecule has 2 aromatic rings. The number of hydrogen-bond donors (Lipinski definition) is 3. The van der Waals surface area contributed by atoms with Gasteiger partial charge in [-0.1, -0.05) is 18.2 Å². The third-order valence-electron chi connectivity index (χ3n) is 3.19. The van der Waals surface area contributed by atoms with E-state index < -0.39 is 11.9 Å². The Morgan fingerprint density at radius 2 is 1.95 bits per heavy atom. The van der Waals surface area contributed by atoms with E-state index in [0.29, 0.717) is 12.1 Å². The molecule has 21 heavy (non-hydrogen) atoms. The van der Waals surface area contributed by atoms with Crippen molar-refractivity contribution in [1.82, 2.24) is 0 Å². The molecule has 0 heterocycles. The Balaban J connectivity index is 2.02. The molecule has 0 radical (unpaired) electrons. The van der Waals surface area contributed by atoms with E-state index in [1.54, 1.807) is 25.1 Å². The molecule has 4 N–H and O–H groups in total. The summed E-state index contributed by atoms with van der Waals surface area (Å²) in [7, 11) is 0. The van der Waals surface area contributed by atoms with Crippen LogP contribution in [0.3, 0.4) is 0 Å². The summed E-state index contributed by atoms with van der Waals surface area (Å²) < 4.78 is 13.2. The first-order valence-corrected chi connectivity index (χ1v) is 6.56. The van der Waals surface area contributed by atoms with Gasteiger partial charge >= 0.3 is 0 Å². The Kier molecular flexibility index (Phi) is 4.55. The largest absolute Gasteiger partial charge is 0.508 e. The number of phenols is 1. The molecule has 0 saturated carbocycles. The number of rotatable bonds is 4. The highest BCUT2D eigenvalue weighted by molar-refractivity contribution is 5.95. The summed E-state index contributed by atoms with van der Waals surface area (Å²) in [6.45, 7) is 1.78. The molecule has 0 aromatic heterocycles. The summed E-state index contributed by atoms with van der Waals surface area (Å²) in [4.78, 5) is 12.0. The molecular weight excluding hydrogens is 271 g/mol. The van der Waals surface area contributed by atoms with Crippen LogP contribution in [0, 0.1) is 12.7 Å². The highest BCUT2D eigenvalue weighted by Crippen LogP contribution is 2.17. The van der Waals surface area contributed by atoms with Crippen molar-refractivity contribution < 1.29 is 14.3 Å². The van der Waals surface area contributed by atoms with Crippen molar-refractivity contribution in [1.29, 1.82) is 0 Å². The third kappa shape index (κ3) is 4.03. The summed E-state index contributed by atoms with van der Waals surface area (Å²) in [6.07, 6.45) is 0.334. The Labute approximate surface area is 122 Å². The van der Waals surface area contributed by atoms with Crippen molar-refractivity contribution >= 4 is 11.6 Å². The molecule has 1 atom stereocenters. The lowest BCUT2D eigenvalue weighted by Gasteiger charge is -2.14. The Hall–Kier alpha value is -2.40. The number of amides is 1. The molecule has 0 saturated heterocycles. The minimum atomic E-state index is -0.753. The zero-order valence-corrected chi connectivity index (χ0v) is 11.6. The average molecular weight is 288 g/mol. The molecule has 0 unspecified atom stereocenters. The molecule has 2 aromatic carbocycles. The SMILES string of the molecule is Cc1ccc(F)cc1NC(=O)[C@@H](N)Cc1ccc(O)cc1. The summed E-state index contributed by atoms with van der Waals surface area (Å²) in [5.74, 6) is -0.632. The van der Waals surface area contributed by atoms with Gasteiger partial charge in [0.25, 0.3) is 0 Å². The lowest BCUT2D eigenvalue weighted by Crippen LogP contribution is -2.37. The van der Waals surface area contributed by atoms with Crippen LogP contribution in [-0.4, -0.2) is 17.1 Å². The van der Waals surface area contributed by atoms with E-state index in [1.165, 1.54) is 24.3 Å². The van der Waals surface area contributed by atoms with E-state index in [2.05, 4.69) is 5.32 Å². The van der Waals surface area contributed by atoms with Crippen molar-refractivity contribution in [3.8, 4) is 5.75 Å². The molecule has 4 nitrogen and oxygen atoms in total. The smallest absolute Gasteiger partial charge is 0.241 e. The molecule has 0 bridgehead atoms. The minimum absolute atomic E-state index is 0.159. The molecular formula is C16H17FN2O2. The van der Waals surface area contributed by atoms with Gasteiger partial charge in [-0.2, -0.15) is 0 Å². The van der Waals surface area contributed by atoms with Gasteiger partial charge in [0.05, 0.1) is 6.04 Å². The zero-order chi connectivity index (χ0) is 15.4. The van der Waals surface area contributed by atoms with E-state index in [0.717, 1.165) is 11.1 Å². The Bertz CT molecular complexity index is 641. The second kappa shape index (κ2) is 6.37. The van der Waals surface area contributed by atoms with Gasteiger partial charge in [0, 0.05) is 5.69 Å². The van der Waals surface area contributed by atoms with Crippen LogP contribution < -0.4 is 11.1 Å². The van der Waals surface area contributed by atoms with Crippen LogP contribution in [0.25, 0.3) is 0 Å². The Morgan fingerprint density at radius 3 is 2.62 bits per heavy atom. The number of halogens is 1. The predicted octanol–water partition coefficient (Wildman–Crippen LogP) is 2.35. The Morgan fingerprint density at radius 1 is 1.29 bits per heavy atom.